The van der Waals surface area contributed by atoms with Gasteiger partial charge in [-0.05, 0) is 11.4 Å². The first-order valence-electron chi connectivity index (χ1n) is 6.01. The van der Waals surface area contributed by atoms with Crippen molar-refractivity contribution in [3.8, 4) is 0 Å². The van der Waals surface area contributed by atoms with Crippen molar-refractivity contribution in [1.82, 2.24) is 10.6 Å². The first-order chi connectivity index (χ1) is 9.56. The monoisotopic (exact) mass is 302 g/mol. The number of rotatable bonds is 8. The van der Waals surface area contributed by atoms with Gasteiger partial charge in [-0.3, -0.25) is 9.59 Å². The molecule has 0 atom stereocenters. The van der Waals surface area contributed by atoms with Crippen molar-refractivity contribution in [3.05, 3.63) is 22.4 Å². The normalized spacial score (nSPS) is 11.2. The lowest BCUT2D eigenvalue weighted by Gasteiger charge is -2.28. The average molecular weight is 302 g/mol. The molecular formula is C12H18N2O5S. The number of hydrogen-bond acceptors (Lipinski definition) is 6. The fourth-order valence-electron chi connectivity index (χ4n) is 1.41. The van der Waals surface area contributed by atoms with Gasteiger partial charge in [-0.25, -0.2) is 0 Å². The second-order valence-corrected chi connectivity index (χ2v) is 5.10. The van der Waals surface area contributed by atoms with Crippen molar-refractivity contribution in [2.45, 2.75) is 12.0 Å². The molecule has 112 valence electrons. The largest absolute Gasteiger partial charge is 0.394 e. The lowest BCUT2D eigenvalue weighted by atomic mass is 10.0. The highest BCUT2D eigenvalue weighted by Crippen LogP contribution is 2.05. The molecule has 20 heavy (non-hydrogen) atoms. The van der Waals surface area contributed by atoms with Crippen LogP contribution in [0.25, 0.3) is 0 Å². The predicted octanol–water partition coefficient (Wildman–Crippen LogP) is -1.30. The highest BCUT2D eigenvalue weighted by Gasteiger charge is 2.29. The molecule has 1 heterocycles. The standard InChI is InChI=1S/C12H18N2O5S/c15-6-12(7-16,8-17)14-10(18)1-3-13-11(19)9-2-4-20-5-9/h2,4-5,15-17H,1,3,6-8H2,(H,13,19)(H,14,18). The van der Waals surface area contributed by atoms with Crippen LogP contribution in [0.3, 0.4) is 0 Å². The summed E-state index contributed by atoms with van der Waals surface area (Å²) < 4.78 is 0. The van der Waals surface area contributed by atoms with Crippen LogP contribution in [0.5, 0.6) is 0 Å². The van der Waals surface area contributed by atoms with Crippen molar-refractivity contribution in [1.29, 1.82) is 0 Å². The van der Waals surface area contributed by atoms with E-state index in [1.165, 1.54) is 11.3 Å². The maximum absolute atomic E-state index is 11.6. The molecule has 5 N–H and O–H groups in total. The summed E-state index contributed by atoms with van der Waals surface area (Å²) in [4.78, 5) is 23.2. The van der Waals surface area contributed by atoms with Gasteiger partial charge in [0.25, 0.3) is 5.91 Å². The minimum absolute atomic E-state index is 0.0162. The highest BCUT2D eigenvalue weighted by atomic mass is 32.1. The van der Waals surface area contributed by atoms with E-state index in [4.69, 9.17) is 15.3 Å². The van der Waals surface area contributed by atoms with Gasteiger partial charge in [-0.1, -0.05) is 0 Å². The minimum atomic E-state index is -1.44. The molecule has 0 fully saturated rings. The Morgan fingerprint density at radius 3 is 2.35 bits per heavy atom. The third kappa shape index (κ3) is 4.57. The first-order valence-corrected chi connectivity index (χ1v) is 6.95. The number of carbonyl (C=O) groups excluding carboxylic acids is 2. The smallest absolute Gasteiger partial charge is 0.252 e. The molecule has 0 aliphatic heterocycles. The Bertz CT molecular complexity index is 423. The Labute approximate surface area is 120 Å². The minimum Gasteiger partial charge on any atom is -0.394 e. The third-order valence-electron chi connectivity index (χ3n) is 2.73. The van der Waals surface area contributed by atoms with Crippen LogP contribution in [0.15, 0.2) is 16.8 Å². The zero-order chi connectivity index (χ0) is 15.0. The van der Waals surface area contributed by atoms with Gasteiger partial charge >= 0.3 is 0 Å². The summed E-state index contributed by atoms with van der Waals surface area (Å²) in [5.74, 6) is -0.746. The van der Waals surface area contributed by atoms with Gasteiger partial charge in [0.2, 0.25) is 5.91 Å². The van der Waals surface area contributed by atoms with E-state index < -0.39 is 31.3 Å². The summed E-state index contributed by atoms with van der Waals surface area (Å²) in [6.07, 6.45) is -0.0162. The van der Waals surface area contributed by atoms with Crippen molar-refractivity contribution >= 4 is 23.2 Å². The molecular weight excluding hydrogens is 284 g/mol. The second-order valence-electron chi connectivity index (χ2n) is 4.32. The number of nitrogens with one attached hydrogen (secondary N) is 2. The summed E-state index contributed by atoms with van der Waals surface area (Å²) in [6.45, 7) is -1.61. The zero-order valence-electron chi connectivity index (χ0n) is 10.8. The van der Waals surface area contributed by atoms with Crippen molar-refractivity contribution in [2.24, 2.45) is 0 Å². The number of carbonyl (C=O) groups is 2. The lowest BCUT2D eigenvalue weighted by Crippen LogP contribution is -2.57. The van der Waals surface area contributed by atoms with Crippen molar-refractivity contribution in [3.63, 3.8) is 0 Å². The van der Waals surface area contributed by atoms with Crippen LogP contribution in [0.4, 0.5) is 0 Å². The lowest BCUT2D eigenvalue weighted by molar-refractivity contribution is -0.125. The predicted molar refractivity (Wildman–Crippen MR) is 73.4 cm³/mol. The van der Waals surface area contributed by atoms with Gasteiger partial charge in [-0.15, -0.1) is 0 Å². The van der Waals surface area contributed by atoms with Crippen molar-refractivity contribution < 1.29 is 24.9 Å². The fraction of sp³-hybridized carbons (Fsp3) is 0.500. The first kappa shape index (κ1) is 16.6. The summed E-state index contributed by atoms with van der Waals surface area (Å²) >= 11 is 1.40. The molecule has 2 amide bonds. The molecule has 7 nitrogen and oxygen atoms in total. The number of hydrogen-bond donors (Lipinski definition) is 5. The molecule has 0 radical (unpaired) electrons. The molecule has 0 saturated carbocycles. The third-order valence-corrected chi connectivity index (χ3v) is 3.42. The number of amides is 2. The average Bonchev–Trinajstić information content (AvgIpc) is 2.99. The Morgan fingerprint density at radius 1 is 1.20 bits per heavy atom. The van der Waals surface area contributed by atoms with Crippen LogP contribution in [0.2, 0.25) is 0 Å². The molecule has 1 aromatic heterocycles. The van der Waals surface area contributed by atoms with Crippen LogP contribution in [-0.4, -0.2) is 59.0 Å². The van der Waals surface area contributed by atoms with E-state index in [0.717, 1.165) is 0 Å². The summed E-state index contributed by atoms with van der Waals surface area (Å²) in [5, 5.41) is 35.6. The van der Waals surface area contributed by atoms with Gasteiger partial charge in [0.15, 0.2) is 0 Å². The van der Waals surface area contributed by atoms with Crippen LogP contribution in [-0.2, 0) is 4.79 Å². The summed E-state index contributed by atoms with van der Waals surface area (Å²) in [5.41, 5.74) is -0.903. The number of thiophene rings is 1. The number of aliphatic hydroxyl groups excluding tert-OH is 3. The Hall–Kier alpha value is -1.48. The molecule has 0 unspecified atom stereocenters. The van der Waals surface area contributed by atoms with E-state index in [0.29, 0.717) is 5.56 Å². The molecule has 0 saturated heterocycles. The van der Waals surface area contributed by atoms with Gasteiger partial charge in [0, 0.05) is 23.9 Å². The maximum atomic E-state index is 11.6. The summed E-state index contributed by atoms with van der Waals surface area (Å²) in [6, 6.07) is 1.67. The molecule has 0 aliphatic carbocycles. The molecule has 0 aliphatic rings. The van der Waals surface area contributed by atoms with Crippen LogP contribution < -0.4 is 10.6 Å². The molecule has 1 aromatic rings. The van der Waals surface area contributed by atoms with Gasteiger partial charge in [-0.2, -0.15) is 11.3 Å². The van der Waals surface area contributed by atoms with E-state index >= 15 is 0 Å². The Balaban J connectivity index is 2.35. The maximum Gasteiger partial charge on any atom is 0.252 e. The molecule has 0 bridgehead atoms. The van der Waals surface area contributed by atoms with E-state index in [9.17, 15) is 9.59 Å². The topological polar surface area (TPSA) is 119 Å². The molecule has 1 rings (SSSR count). The fourth-order valence-corrected chi connectivity index (χ4v) is 2.05. The van der Waals surface area contributed by atoms with E-state index in [2.05, 4.69) is 10.6 Å². The van der Waals surface area contributed by atoms with Crippen molar-refractivity contribution in [2.75, 3.05) is 26.4 Å². The summed E-state index contributed by atoms with van der Waals surface area (Å²) in [7, 11) is 0. The quantitative estimate of drug-likeness (QED) is 0.409. The Kier molecular flexibility index (Phi) is 6.59. The van der Waals surface area contributed by atoms with E-state index in [1.807, 2.05) is 0 Å². The molecule has 0 aromatic carbocycles. The zero-order valence-corrected chi connectivity index (χ0v) is 11.7. The number of aliphatic hydroxyl groups is 3. The van der Waals surface area contributed by atoms with E-state index in [-0.39, 0.29) is 18.9 Å². The van der Waals surface area contributed by atoms with Crippen LogP contribution in [0, 0.1) is 0 Å². The van der Waals surface area contributed by atoms with Crippen LogP contribution in [0.1, 0.15) is 16.8 Å². The van der Waals surface area contributed by atoms with Gasteiger partial charge < -0.3 is 26.0 Å². The van der Waals surface area contributed by atoms with Crippen LogP contribution >= 0.6 is 11.3 Å². The van der Waals surface area contributed by atoms with Gasteiger partial charge in [0.1, 0.15) is 5.54 Å². The van der Waals surface area contributed by atoms with E-state index in [1.54, 1.807) is 16.8 Å². The SMILES string of the molecule is O=C(CCNC(=O)c1ccsc1)NC(CO)(CO)CO. The Morgan fingerprint density at radius 2 is 1.85 bits per heavy atom. The van der Waals surface area contributed by atoms with Gasteiger partial charge in [0.05, 0.1) is 19.8 Å². The molecule has 0 spiro atoms. The second kappa shape index (κ2) is 7.95. The molecule has 8 heteroatoms. The highest BCUT2D eigenvalue weighted by molar-refractivity contribution is 7.08.